The fraction of sp³-hybridized carbons (Fsp3) is 0.857. The molecule has 0 rings (SSSR count). The van der Waals surface area contributed by atoms with Crippen molar-refractivity contribution in [1.29, 1.82) is 0 Å². The maximum absolute atomic E-state index is 12.4. The first kappa shape index (κ1) is 13.4. The molecule has 84 valence electrons. The zero-order valence-electron chi connectivity index (χ0n) is 8.00. The van der Waals surface area contributed by atoms with E-state index in [0.29, 0.717) is 0 Å². The van der Waals surface area contributed by atoms with Gasteiger partial charge >= 0.3 is 11.2 Å². The van der Waals surface area contributed by atoms with Crippen LogP contribution in [0.4, 0.5) is 8.78 Å². The summed E-state index contributed by atoms with van der Waals surface area (Å²) >= 11 is -3.58. The summed E-state index contributed by atoms with van der Waals surface area (Å²) in [5.41, 5.74) is -0.930. The van der Waals surface area contributed by atoms with E-state index >= 15 is 0 Å². The van der Waals surface area contributed by atoms with Crippen molar-refractivity contribution in [3.63, 3.8) is 0 Å². The van der Waals surface area contributed by atoms with Crippen molar-refractivity contribution in [2.24, 2.45) is 5.41 Å². The molecule has 0 radical (unpaired) electrons. The Bertz CT molecular complexity index is 247. The molecule has 1 atom stereocenters. The summed E-state index contributed by atoms with van der Waals surface area (Å²) in [5.74, 6) is -0.873. The smallest absolute Gasteiger partial charge is 0.342 e. The predicted molar refractivity (Wildman–Crippen MR) is 44.3 cm³/mol. The highest BCUT2D eigenvalue weighted by Gasteiger charge is 2.34. The topological polar surface area (TPSA) is 66.4 Å². The van der Waals surface area contributed by atoms with Crippen molar-refractivity contribution in [3.05, 3.63) is 0 Å². The van der Waals surface area contributed by atoms with E-state index in [9.17, 15) is 22.3 Å². The van der Waals surface area contributed by atoms with Crippen molar-refractivity contribution in [1.82, 2.24) is 0 Å². The molecule has 0 spiro atoms. The molecule has 0 aliphatic carbocycles. The van der Waals surface area contributed by atoms with Gasteiger partial charge in [-0.25, -0.2) is 0 Å². The summed E-state index contributed by atoms with van der Waals surface area (Å²) in [5, 5.41) is -4.03. The fourth-order valence-electron chi connectivity index (χ4n) is 0.414. The first-order valence-corrected chi connectivity index (χ1v) is 4.79. The van der Waals surface area contributed by atoms with Gasteiger partial charge in [0.25, 0.3) is 0 Å². The molecule has 0 aliphatic heterocycles. The third-order valence-electron chi connectivity index (χ3n) is 1.23. The number of rotatable bonds is 3. The lowest BCUT2D eigenvalue weighted by Crippen LogP contribution is -2.33. The van der Waals surface area contributed by atoms with Crippen LogP contribution < -0.4 is 0 Å². The predicted octanol–water partition coefficient (Wildman–Crippen LogP) is 1.05. The minimum atomic E-state index is -4.03. The van der Waals surface area contributed by atoms with E-state index in [0.717, 1.165) is 0 Å². The Hall–Kier alpha value is -0.560. The molecule has 0 aromatic heterocycles. The minimum Gasteiger partial charge on any atom is -0.768 e. The van der Waals surface area contributed by atoms with E-state index in [1.807, 2.05) is 0 Å². The van der Waals surface area contributed by atoms with E-state index in [4.69, 9.17) is 0 Å². The number of hydrogen-bond donors (Lipinski definition) is 0. The molecule has 0 saturated carbocycles. The van der Waals surface area contributed by atoms with Gasteiger partial charge in [-0.1, -0.05) is 0 Å². The standard InChI is InChI=1S/C7H12F2O4S/c1-6(2,3)5(10)13-4-7(8,9)14(11)12/h4H2,1-3H3,(H,11,12)/p-1. The SMILES string of the molecule is CC(C)(C)C(=O)OCC(F)(F)S(=O)[O-]. The second kappa shape index (κ2) is 4.31. The Morgan fingerprint density at radius 1 is 1.43 bits per heavy atom. The Morgan fingerprint density at radius 3 is 2.14 bits per heavy atom. The molecule has 0 amide bonds. The molecule has 14 heavy (non-hydrogen) atoms. The molecule has 0 aromatic rings. The molecule has 0 heterocycles. The van der Waals surface area contributed by atoms with E-state index in [2.05, 4.69) is 4.74 Å². The molecule has 0 aromatic carbocycles. The number of halogens is 2. The maximum Gasteiger partial charge on any atom is 0.342 e. The highest BCUT2D eigenvalue weighted by Crippen LogP contribution is 2.20. The van der Waals surface area contributed by atoms with Gasteiger partial charge in [0.15, 0.2) is 6.61 Å². The lowest BCUT2D eigenvalue weighted by atomic mass is 9.97. The number of hydrogen-bond acceptors (Lipinski definition) is 4. The second-order valence-corrected chi connectivity index (χ2v) is 4.76. The minimum absolute atomic E-state index is 0.873. The lowest BCUT2D eigenvalue weighted by molar-refractivity contribution is -0.158. The van der Waals surface area contributed by atoms with Gasteiger partial charge in [-0.3, -0.25) is 9.00 Å². The summed E-state index contributed by atoms with van der Waals surface area (Å²) in [7, 11) is 0. The van der Waals surface area contributed by atoms with Crippen molar-refractivity contribution >= 4 is 17.0 Å². The van der Waals surface area contributed by atoms with Gasteiger partial charge in [0.1, 0.15) is 0 Å². The Labute approximate surface area is 82.9 Å². The second-order valence-electron chi connectivity index (χ2n) is 3.70. The largest absolute Gasteiger partial charge is 0.768 e. The molecule has 4 nitrogen and oxygen atoms in total. The number of carbonyl (C=O) groups excluding carboxylic acids is 1. The number of esters is 1. The first-order chi connectivity index (χ1) is 6.07. The molecular weight excluding hydrogens is 218 g/mol. The molecule has 0 aliphatic rings. The monoisotopic (exact) mass is 229 g/mol. The van der Waals surface area contributed by atoms with Crippen LogP contribution in [0, 0.1) is 5.41 Å². The summed E-state index contributed by atoms with van der Waals surface area (Å²) in [6.07, 6.45) is 0. The van der Waals surface area contributed by atoms with Gasteiger partial charge in [-0.05, 0) is 20.8 Å². The Morgan fingerprint density at radius 2 is 1.86 bits per heavy atom. The number of alkyl halides is 2. The molecule has 0 fully saturated rings. The van der Waals surface area contributed by atoms with Crippen molar-refractivity contribution < 1.29 is 27.1 Å². The van der Waals surface area contributed by atoms with Crippen LogP contribution in [-0.2, 0) is 20.6 Å². The fourth-order valence-corrected chi connectivity index (χ4v) is 0.569. The number of carbonyl (C=O) groups is 1. The average molecular weight is 229 g/mol. The quantitative estimate of drug-likeness (QED) is 0.536. The normalized spacial score (nSPS) is 15.0. The molecule has 7 heteroatoms. The number of ether oxygens (including phenoxy) is 1. The highest BCUT2D eigenvalue weighted by atomic mass is 32.2. The van der Waals surface area contributed by atoms with E-state index in [1.54, 1.807) is 0 Å². The third kappa shape index (κ3) is 4.10. The Balaban J connectivity index is 4.21. The Kier molecular flexibility index (Phi) is 4.14. The van der Waals surface area contributed by atoms with Crippen LogP contribution in [0.3, 0.4) is 0 Å². The van der Waals surface area contributed by atoms with Crippen LogP contribution in [0.25, 0.3) is 0 Å². The van der Waals surface area contributed by atoms with Gasteiger partial charge in [-0.2, -0.15) is 8.78 Å². The highest BCUT2D eigenvalue weighted by molar-refractivity contribution is 7.80. The average Bonchev–Trinajstić information content (AvgIpc) is 1.98. The molecule has 0 saturated heterocycles. The molecule has 1 unspecified atom stereocenters. The van der Waals surface area contributed by atoms with E-state index in [-0.39, 0.29) is 0 Å². The van der Waals surface area contributed by atoms with Crippen molar-refractivity contribution in [2.45, 2.75) is 26.0 Å². The molecular formula is C7H11F2O4S-. The molecule has 0 bridgehead atoms. The van der Waals surface area contributed by atoms with Crippen LogP contribution >= 0.6 is 0 Å². The summed E-state index contributed by atoms with van der Waals surface area (Å²) in [6.45, 7) is 2.98. The first-order valence-electron chi connectivity index (χ1n) is 3.72. The van der Waals surface area contributed by atoms with Crippen LogP contribution in [0.2, 0.25) is 0 Å². The van der Waals surface area contributed by atoms with Gasteiger partial charge < -0.3 is 9.29 Å². The lowest BCUT2D eigenvalue weighted by Gasteiger charge is -2.21. The van der Waals surface area contributed by atoms with Crippen LogP contribution in [0.1, 0.15) is 20.8 Å². The van der Waals surface area contributed by atoms with Crippen LogP contribution in [0.5, 0.6) is 0 Å². The summed E-state index contributed by atoms with van der Waals surface area (Å²) in [6, 6.07) is 0. The van der Waals surface area contributed by atoms with Crippen LogP contribution in [-0.4, -0.2) is 26.6 Å². The van der Waals surface area contributed by atoms with Crippen molar-refractivity contribution in [2.75, 3.05) is 6.61 Å². The zero-order chi connectivity index (χ0) is 11.6. The van der Waals surface area contributed by atoms with E-state index in [1.165, 1.54) is 20.8 Å². The maximum atomic E-state index is 12.4. The van der Waals surface area contributed by atoms with Gasteiger partial charge in [0.05, 0.1) is 5.41 Å². The van der Waals surface area contributed by atoms with E-state index < -0.39 is 34.3 Å². The third-order valence-corrected chi connectivity index (χ3v) is 1.83. The molecule has 0 N–H and O–H groups in total. The van der Waals surface area contributed by atoms with Gasteiger partial charge in [0, 0.05) is 11.1 Å². The van der Waals surface area contributed by atoms with Gasteiger partial charge in [0.2, 0.25) is 0 Å². The van der Waals surface area contributed by atoms with Gasteiger partial charge in [-0.15, -0.1) is 0 Å². The van der Waals surface area contributed by atoms with Crippen molar-refractivity contribution in [3.8, 4) is 0 Å². The van der Waals surface area contributed by atoms with Crippen LogP contribution in [0.15, 0.2) is 0 Å². The summed E-state index contributed by atoms with van der Waals surface area (Å²) in [4.78, 5) is 11.0. The summed E-state index contributed by atoms with van der Waals surface area (Å²) < 4.78 is 48.8. The zero-order valence-corrected chi connectivity index (χ0v) is 8.82.